The summed E-state index contributed by atoms with van der Waals surface area (Å²) in [6.07, 6.45) is 6.94. The highest BCUT2D eigenvalue weighted by Gasteiger charge is 1.90. The van der Waals surface area contributed by atoms with Crippen LogP contribution in [0.3, 0.4) is 0 Å². The Bertz CT molecular complexity index is 96.5. The highest BCUT2D eigenvalue weighted by molar-refractivity contribution is 6.17. The van der Waals surface area contributed by atoms with Crippen LogP contribution in [0.15, 0.2) is 0 Å². The summed E-state index contributed by atoms with van der Waals surface area (Å²) in [6, 6.07) is 0. The van der Waals surface area contributed by atoms with E-state index in [2.05, 4.69) is 4.74 Å². The summed E-state index contributed by atoms with van der Waals surface area (Å²) in [7, 11) is 0. The third kappa shape index (κ3) is 9.76. The van der Waals surface area contributed by atoms with Gasteiger partial charge in [0.1, 0.15) is 0 Å². The number of rotatable bonds is 9. The van der Waals surface area contributed by atoms with Gasteiger partial charge >= 0.3 is 0 Å². The molecule has 0 heterocycles. The molecule has 0 aliphatic heterocycles. The minimum atomic E-state index is 0.507. The lowest BCUT2D eigenvalue weighted by molar-refractivity contribution is -0.128. The summed E-state index contributed by atoms with van der Waals surface area (Å²) < 4.78 is 4.56. The summed E-state index contributed by atoms with van der Waals surface area (Å²) >= 11 is 5.52. The molecule has 0 aliphatic rings. The molecule has 2 nitrogen and oxygen atoms in total. The quantitative estimate of drug-likeness (QED) is 0.319. The van der Waals surface area contributed by atoms with Crippen LogP contribution < -0.4 is 0 Å². The lowest BCUT2D eigenvalue weighted by Gasteiger charge is -1.99. The molecule has 0 aromatic heterocycles. The van der Waals surface area contributed by atoms with Gasteiger partial charge in [0.05, 0.1) is 6.61 Å². The van der Waals surface area contributed by atoms with Crippen molar-refractivity contribution < 1.29 is 9.53 Å². The maximum atomic E-state index is 9.74. The molecule has 0 saturated carbocycles. The minimum Gasteiger partial charge on any atom is -0.468 e. The first-order chi connectivity index (χ1) is 5.91. The number of ether oxygens (including phenoxy) is 1. The largest absolute Gasteiger partial charge is 0.468 e. The summed E-state index contributed by atoms with van der Waals surface area (Å²) in [6.45, 7) is 1.08. The first-order valence-corrected chi connectivity index (χ1v) is 5.06. The van der Waals surface area contributed by atoms with E-state index in [1.807, 2.05) is 0 Å². The summed E-state index contributed by atoms with van der Waals surface area (Å²) in [5, 5.41) is 0. The molecule has 0 aromatic carbocycles. The molecule has 0 spiro atoms. The van der Waals surface area contributed by atoms with Crippen molar-refractivity contribution in [2.45, 2.75) is 38.5 Å². The zero-order chi connectivity index (χ0) is 9.07. The van der Waals surface area contributed by atoms with E-state index in [-0.39, 0.29) is 0 Å². The van der Waals surface area contributed by atoms with Crippen molar-refractivity contribution in [3.05, 3.63) is 0 Å². The van der Waals surface area contributed by atoms with Gasteiger partial charge in [-0.1, -0.05) is 25.7 Å². The Kier molecular flexibility index (Phi) is 10.5. The van der Waals surface area contributed by atoms with Crippen LogP contribution in [0.25, 0.3) is 0 Å². The number of hydrogen-bond acceptors (Lipinski definition) is 2. The molecule has 0 saturated heterocycles. The predicted molar refractivity (Wildman–Crippen MR) is 50.4 cm³/mol. The summed E-state index contributed by atoms with van der Waals surface area (Å²) in [5.41, 5.74) is 0. The second-order valence-corrected chi connectivity index (χ2v) is 3.16. The van der Waals surface area contributed by atoms with E-state index < -0.39 is 0 Å². The molecule has 0 rings (SSSR count). The second kappa shape index (κ2) is 10.8. The van der Waals surface area contributed by atoms with Crippen LogP contribution >= 0.6 is 11.6 Å². The Labute approximate surface area is 79.2 Å². The third-order valence-corrected chi connectivity index (χ3v) is 1.98. The van der Waals surface area contributed by atoms with Gasteiger partial charge in [-0.3, -0.25) is 4.79 Å². The molecule has 0 fully saturated rings. The topological polar surface area (TPSA) is 26.3 Å². The maximum absolute atomic E-state index is 9.74. The van der Waals surface area contributed by atoms with E-state index in [9.17, 15) is 4.79 Å². The van der Waals surface area contributed by atoms with Gasteiger partial charge in [-0.25, -0.2) is 0 Å². The van der Waals surface area contributed by atoms with E-state index in [0.29, 0.717) is 13.1 Å². The van der Waals surface area contributed by atoms with Gasteiger partial charge in [0.15, 0.2) is 0 Å². The molecule has 0 unspecified atom stereocenters. The number of unbranched alkanes of at least 4 members (excludes halogenated alkanes) is 5. The van der Waals surface area contributed by atoms with Crippen molar-refractivity contribution in [2.24, 2.45) is 0 Å². The Morgan fingerprint density at radius 1 is 1.00 bits per heavy atom. The summed E-state index contributed by atoms with van der Waals surface area (Å²) in [5.74, 6) is 0.772. The van der Waals surface area contributed by atoms with Crippen molar-refractivity contribution in [3.63, 3.8) is 0 Å². The normalized spacial score (nSPS) is 9.75. The molecule has 12 heavy (non-hydrogen) atoms. The lowest BCUT2D eigenvalue weighted by Crippen LogP contribution is -1.91. The highest BCUT2D eigenvalue weighted by atomic mass is 35.5. The molecule has 3 heteroatoms. The molecule has 0 atom stereocenters. The Morgan fingerprint density at radius 2 is 1.58 bits per heavy atom. The van der Waals surface area contributed by atoms with Gasteiger partial charge in [0.25, 0.3) is 6.47 Å². The molecule has 0 aromatic rings. The zero-order valence-corrected chi connectivity index (χ0v) is 8.18. The minimum absolute atomic E-state index is 0.507. The zero-order valence-electron chi connectivity index (χ0n) is 7.43. The predicted octanol–water partition coefficient (Wildman–Crippen LogP) is 2.74. The Morgan fingerprint density at radius 3 is 2.17 bits per heavy atom. The third-order valence-electron chi connectivity index (χ3n) is 1.71. The van der Waals surface area contributed by atoms with E-state index in [4.69, 9.17) is 11.6 Å². The SMILES string of the molecule is O=COCCCCCCCCCl. The van der Waals surface area contributed by atoms with E-state index in [0.717, 1.165) is 25.1 Å². The van der Waals surface area contributed by atoms with E-state index >= 15 is 0 Å². The van der Waals surface area contributed by atoms with Crippen molar-refractivity contribution in [1.82, 2.24) is 0 Å². The van der Waals surface area contributed by atoms with Crippen LogP contribution in [0.2, 0.25) is 0 Å². The standard InChI is InChI=1S/C9H17ClO2/c10-7-5-3-1-2-4-6-8-12-9-11/h9H,1-8H2. The molecule has 0 radical (unpaired) electrons. The van der Waals surface area contributed by atoms with Gasteiger partial charge < -0.3 is 4.74 Å². The highest BCUT2D eigenvalue weighted by Crippen LogP contribution is 2.05. The van der Waals surface area contributed by atoms with Gasteiger partial charge in [0.2, 0.25) is 0 Å². The van der Waals surface area contributed by atoms with Gasteiger partial charge in [-0.05, 0) is 12.8 Å². The number of carbonyl (C=O) groups excluding carboxylic acids is 1. The number of alkyl halides is 1. The molecule has 72 valence electrons. The second-order valence-electron chi connectivity index (χ2n) is 2.78. The molecule has 0 N–H and O–H groups in total. The van der Waals surface area contributed by atoms with Crippen molar-refractivity contribution >= 4 is 18.1 Å². The molecule has 0 amide bonds. The first-order valence-electron chi connectivity index (χ1n) is 4.53. The fraction of sp³-hybridized carbons (Fsp3) is 0.889. The van der Waals surface area contributed by atoms with Gasteiger partial charge in [0, 0.05) is 5.88 Å². The van der Waals surface area contributed by atoms with Gasteiger partial charge in [-0.2, -0.15) is 0 Å². The fourth-order valence-corrected chi connectivity index (χ4v) is 1.22. The van der Waals surface area contributed by atoms with Crippen LogP contribution in [-0.2, 0) is 9.53 Å². The molecular weight excluding hydrogens is 176 g/mol. The lowest BCUT2D eigenvalue weighted by atomic mass is 10.1. The van der Waals surface area contributed by atoms with Crippen molar-refractivity contribution in [1.29, 1.82) is 0 Å². The number of carbonyl (C=O) groups is 1. The van der Waals surface area contributed by atoms with Crippen LogP contribution in [-0.4, -0.2) is 19.0 Å². The number of hydrogen-bond donors (Lipinski definition) is 0. The smallest absolute Gasteiger partial charge is 0.293 e. The maximum Gasteiger partial charge on any atom is 0.293 e. The Hall–Kier alpha value is -0.240. The molecule has 0 bridgehead atoms. The average Bonchev–Trinajstić information content (AvgIpc) is 2.10. The van der Waals surface area contributed by atoms with Gasteiger partial charge in [-0.15, -0.1) is 11.6 Å². The van der Waals surface area contributed by atoms with E-state index in [1.165, 1.54) is 19.3 Å². The molecular formula is C9H17ClO2. The molecule has 0 aliphatic carbocycles. The van der Waals surface area contributed by atoms with Crippen LogP contribution in [0, 0.1) is 0 Å². The van der Waals surface area contributed by atoms with Crippen molar-refractivity contribution in [3.8, 4) is 0 Å². The Balaban J connectivity index is 2.77. The van der Waals surface area contributed by atoms with Crippen LogP contribution in [0.1, 0.15) is 38.5 Å². The van der Waals surface area contributed by atoms with Crippen molar-refractivity contribution in [2.75, 3.05) is 12.5 Å². The van der Waals surface area contributed by atoms with Crippen LogP contribution in [0.5, 0.6) is 0 Å². The van der Waals surface area contributed by atoms with E-state index in [1.54, 1.807) is 0 Å². The summed E-state index contributed by atoms with van der Waals surface area (Å²) in [4.78, 5) is 9.74. The average molecular weight is 193 g/mol. The first kappa shape index (κ1) is 11.8. The van der Waals surface area contributed by atoms with Crippen LogP contribution in [0.4, 0.5) is 0 Å². The monoisotopic (exact) mass is 192 g/mol. The number of halogens is 1. The fourth-order valence-electron chi connectivity index (χ4n) is 1.04.